The van der Waals surface area contributed by atoms with Crippen LogP contribution < -0.4 is 0 Å². The summed E-state index contributed by atoms with van der Waals surface area (Å²) in [6.07, 6.45) is 0. The Balaban J connectivity index is 1.24. The van der Waals surface area contributed by atoms with Gasteiger partial charge in [0.05, 0.1) is 11.0 Å². The van der Waals surface area contributed by atoms with Gasteiger partial charge in [-0.15, -0.1) is 0 Å². The zero-order chi connectivity index (χ0) is 36.6. The summed E-state index contributed by atoms with van der Waals surface area (Å²) in [5, 5.41) is 2.36. The first-order chi connectivity index (χ1) is 27.3. The van der Waals surface area contributed by atoms with Crippen molar-refractivity contribution in [1.29, 1.82) is 0 Å². The molecule has 2 heterocycles. The summed E-state index contributed by atoms with van der Waals surface area (Å²) in [6, 6.07) is 72.4. The first kappa shape index (κ1) is 32.2. The average Bonchev–Trinajstić information content (AvgIpc) is 3.61. The molecule has 10 rings (SSSR count). The molecule has 0 saturated carbocycles. The van der Waals surface area contributed by atoms with Crippen molar-refractivity contribution in [2.24, 2.45) is 0 Å². The first-order valence-corrected chi connectivity index (χ1v) is 18.5. The van der Waals surface area contributed by atoms with E-state index in [2.05, 4.69) is 150 Å². The van der Waals surface area contributed by atoms with E-state index in [0.717, 1.165) is 49.9 Å². The Morgan fingerprint density at radius 2 is 0.745 bits per heavy atom. The van der Waals surface area contributed by atoms with Crippen molar-refractivity contribution in [2.75, 3.05) is 0 Å². The predicted octanol–water partition coefficient (Wildman–Crippen LogP) is 13.0. The number of benzene rings is 8. The fraction of sp³-hybridized carbons (Fsp3) is 0. The number of fused-ring (bicyclic) bond motifs is 3. The zero-order valence-electron chi connectivity index (χ0n) is 29.9. The summed E-state index contributed by atoms with van der Waals surface area (Å²) in [5.41, 5.74) is 13.2. The van der Waals surface area contributed by atoms with E-state index in [1.54, 1.807) is 0 Å². The van der Waals surface area contributed by atoms with E-state index in [1.165, 1.54) is 27.6 Å². The molecular formula is C51H34N4. The molecule has 0 spiro atoms. The standard InChI is InChI=1S/C51H34N4/c1-6-17-35(18-7-1)39-25-16-26-40(31-39)42-32-45(36-19-8-2-9-20-36)48-44-30-29-41(33-46(44)55(47(48)34-42)43-27-14-5-15-28-43)51-53-49(37-21-10-3-11-22-37)52-50(54-51)38-23-12-4-13-24-38/h1-34H. The summed E-state index contributed by atoms with van der Waals surface area (Å²) < 4.78 is 2.39. The Labute approximate surface area is 319 Å². The SMILES string of the molecule is c1ccc(-c2cccc(-c3cc(-c4ccccc4)c4c5ccc(-c6nc(-c7ccccc7)nc(-c7ccccc7)n6)cc5n(-c5ccccc5)c4c3)c2)cc1. The molecule has 55 heavy (non-hydrogen) atoms. The second kappa shape index (κ2) is 13.8. The van der Waals surface area contributed by atoms with Gasteiger partial charge in [0, 0.05) is 33.2 Å². The Bertz CT molecular complexity index is 2880. The van der Waals surface area contributed by atoms with Gasteiger partial charge >= 0.3 is 0 Å². The van der Waals surface area contributed by atoms with Gasteiger partial charge in [-0.3, -0.25) is 0 Å². The first-order valence-electron chi connectivity index (χ1n) is 18.5. The predicted molar refractivity (Wildman–Crippen MR) is 227 cm³/mol. The average molecular weight is 703 g/mol. The van der Waals surface area contributed by atoms with Crippen LogP contribution in [0.1, 0.15) is 0 Å². The number of para-hydroxylation sites is 1. The van der Waals surface area contributed by atoms with Crippen LogP contribution >= 0.6 is 0 Å². The number of aromatic nitrogens is 4. The molecule has 4 nitrogen and oxygen atoms in total. The Hall–Kier alpha value is -7.43. The lowest BCUT2D eigenvalue weighted by molar-refractivity contribution is 1.07. The topological polar surface area (TPSA) is 43.6 Å². The maximum atomic E-state index is 5.08. The lowest BCUT2D eigenvalue weighted by atomic mass is 9.93. The Morgan fingerprint density at radius 3 is 1.33 bits per heavy atom. The third kappa shape index (κ3) is 6.06. The molecule has 0 atom stereocenters. The van der Waals surface area contributed by atoms with Crippen LogP contribution in [0.3, 0.4) is 0 Å². The van der Waals surface area contributed by atoms with Crippen molar-refractivity contribution in [2.45, 2.75) is 0 Å². The van der Waals surface area contributed by atoms with Gasteiger partial charge in [0.2, 0.25) is 0 Å². The maximum absolute atomic E-state index is 5.08. The molecule has 0 radical (unpaired) electrons. The molecule has 0 bridgehead atoms. The third-order valence-electron chi connectivity index (χ3n) is 10.2. The molecule has 0 aliphatic heterocycles. The second-order valence-electron chi connectivity index (χ2n) is 13.7. The van der Waals surface area contributed by atoms with Crippen molar-refractivity contribution in [1.82, 2.24) is 19.5 Å². The van der Waals surface area contributed by atoms with Gasteiger partial charge in [-0.2, -0.15) is 0 Å². The third-order valence-corrected chi connectivity index (χ3v) is 10.2. The van der Waals surface area contributed by atoms with Crippen molar-refractivity contribution in [3.05, 3.63) is 206 Å². The van der Waals surface area contributed by atoms with Gasteiger partial charge in [-0.1, -0.05) is 170 Å². The number of nitrogens with zero attached hydrogens (tertiary/aromatic N) is 4. The molecule has 0 saturated heterocycles. The van der Waals surface area contributed by atoms with Crippen LogP contribution in [0.25, 0.3) is 95.0 Å². The van der Waals surface area contributed by atoms with Crippen LogP contribution in [-0.2, 0) is 0 Å². The lowest BCUT2D eigenvalue weighted by Crippen LogP contribution is -2.00. The van der Waals surface area contributed by atoms with Crippen LogP contribution in [0.5, 0.6) is 0 Å². The van der Waals surface area contributed by atoms with Gasteiger partial charge in [-0.05, 0) is 69.8 Å². The van der Waals surface area contributed by atoms with Gasteiger partial charge in [-0.25, -0.2) is 15.0 Å². The minimum absolute atomic E-state index is 0.626. The molecular weight excluding hydrogens is 669 g/mol. The normalized spacial score (nSPS) is 11.3. The van der Waals surface area contributed by atoms with E-state index in [0.29, 0.717) is 17.5 Å². The van der Waals surface area contributed by atoms with E-state index in [-0.39, 0.29) is 0 Å². The van der Waals surface area contributed by atoms with Crippen molar-refractivity contribution in [3.8, 4) is 73.2 Å². The maximum Gasteiger partial charge on any atom is 0.164 e. The molecule has 0 fully saturated rings. The van der Waals surface area contributed by atoms with Crippen molar-refractivity contribution >= 4 is 21.8 Å². The summed E-state index contributed by atoms with van der Waals surface area (Å²) in [6.45, 7) is 0. The monoisotopic (exact) mass is 702 g/mol. The molecule has 258 valence electrons. The van der Waals surface area contributed by atoms with Crippen molar-refractivity contribution < 1.29 is 0 Å². The molecule has 2 aromatic heterocycles. The quantitative estimate of drug-likeness (QED) is 0.166. The minimum atomic E-state index is 0.626. The van der Waals surface area contributed by atoms with Gasteiger partial charge < -0.3 is 4.57 Å². The molecule has 0 aliphatic carbocycles. The van der Waals surface area contributed by atoms with E-state index in [4.69, 9.17) is 15.0 Å². The highest BCUT2D eigenvalue weighted by molar-refractivity contribution is 6.17. The fourth-order valence-corrected chi connectivity index (χ4v) is 7.60. The molecule has 0 N–H and O–H groups in total. The van der Waals surface area contributed by atoms with E-state index >= 15 is 0 Å². The second-order valence-corrected chi connectivity index (χ2v) is 13.7. The Morgan fingerprint density at radius 1 is 0.291 bits per heavy atom. The molecule has 4 heteroatoms. The molecule has 10 aromatic rings. The van der Waals surface area contributed by atoms with E-state index in [9.17, 15) is 0 Å². The Kier molecular flexibility index (Phi) is 8.12. The zero-order valence-corrected chi connectivity index (χ0v) is 29.9. The molecule has 0 amide bonds. The van der Waals surface area contributed by atoms with E-state index in [1.807, 2.05) is 60.7 Å². The minimum Gasteiger partial charge on any atom is -0.309 e. The number of hydrogen-bond acceptors (Lipinski definition) is 3. The van der Waals surface area contributed by atoms with Crippen LogP contribution in [0.2, 0.25) is 0 Å². The molecule has 0 unspecified atom stereocenters. The van der Waals surface area contributed by atoms with Crippen LogP contribution in [-0.4, -0.2) is 19.5 Å². The lowest BCUT2D eigenvalue weighted by Gasteiger charge is -2.13. The van der Waals surface area contributed by atoms with E-state index < -0.39 is 0 Å². The smallest absolute Gasteiger partial charge is 0.164 e. The summed E-state index contributed by atoms with van der Waals surface area (Å²) in [4.78, 5) is 15.1. The fourth-order valence-electron chi connectivity index (χ4n) is 7.60. The van der Waals surface area contributed by atoms with Crippen LogP contribution in [0, 0.1) is 0 Å². The van der Waals surface area contributed by atoms with Gasteiger partial charge in [0.15, 0.2) is 17.5 Å². The van der Waals surface area contributed by atoms with Crippen molar-refractivity contribution in [3.63, 3.8) is 0 Å². The number of hydrogen-bond donors (Lipinski definition) is 0. The number of rotatable bonds is 7. The largest absolute Gasteiger partial charge is 0.309 e. The summed E-state index contributed by atoms with van der Waals surface area (Å²) in [5.74, 6) is 1.91. The van der Waals surface area contributed by atoms with Crippen LogP contribution in [0.15, 0.2) is 206 Å². The summed E-state index contributed by atoms with van der Waals surface area (Å²) >= 11 is 0. The molecule has 8 aromatic carbocycles. The highest BCUT2D eigenvalue weighted by Crippen LogP contribution is 2.43. The highest BCUT2D eigenvalue weighted by atomic mass is 15.0. The highest BCUT2D eigenvalue weighted by Gasteiger charge is 2.20. The van der Waals surface area contributed by atoms with Crippen LogP contribution in [0.4, 0.5) is 0 Å². The van der Waals surface area contributed by atoms with Gasteiger partial charge in [0.1, 0.15) is 0 Å². The molecule has 0 aliphatic rings. The van der Waals surface area contributed by atoms with Gasteiger partial charge in [0.25, 0.3) is 0 Å². The summed E-state index contributed by atoms with van der Waals surface area (Å²) in [7, 11) is 0.